The Bertz CT molecular complexity index is 344. The second-order valence-corrected chi connectivity index (χ2v) is 7.02. The molecule has 1 unspecified atom stereocenters. The van der Waals surface area contributed by atoms with Gasteiger partial charge in [0.05, 0.1) is 0 Å². The predicted molar refractivity (Wildman–Crippen MR) is 84.7 cm³/mol. The zero-order valence-electron chi connectivity index (χ0n) is 12.6. The molecule has 2 nitrogen and oxygen atoms in total. The van der Waals surface area contributed by atoms with Crippen molar-refractivity contribution in [2.24, 2.45) is 0 Å². The van der Waals surface area contributed by atoms with Gasteiger partial charge in [0.1, 0.15) is 0 Å². The Labute approximate surface area is 122 Å². The Morgan fingerprint density at radius 3 is 2.74 bits per heavy atom. The summed E-state index contributed by atoms with van der Waals surface area (Å²) in [5, 5.41) is 5.83. The van der Waals surface area contributed by atoms with Gasteiger partial charge >= 0.3 is 0 Å². The normalized spacial score (nSPS) is 17.3. The summed E-state index contributed by atoms with van der Waals surface area (Å²) in [5.74, 6) is 0. The van der Waals surface area contributed by atoms with Gasteiger partial charge in [0, 0.05) is 36.1 Å². The molecule has 1 atom stereocenters. The van der Waals surface area contributed by atoms with Crippen molar-refractivity contribution in [2.45, 2.75) is 71.1 Å². The number of nitrogens with one attached hydrogen (secondary N) is 1. The average Bonchev–Trinajstić information content (AvgIpc) is 3.09. The lowest BCUT2D eigenvalue weighted by Gasteiger charge is -2.32. The number of thiophene rings is 1. The molecule has 1 aliphatic rings. The molecule has 2 rings (SSSR count). The molecule has 1 aromatic heterocycles. The first-order valence-corrected chi connectivity index (χ1v) is 8.60. The van der Waals surface area contributed by atoms with Crippen molar-refractivity contribution in [2.75, 3.05) is 6.54 Å². The second kappa shape index (κ2) is 7.41. The Morgan fingerprint density at radius 1 is 1.42 bits per heavy atom. The lowest BCUT2D eigenvalue weighted by atomic mass is 10.1. The van der Waals surface area contributed by atoms with Crippen molar-refractivity contribution in [1.82, 2.24) is 10.2 Å². The summed E-state index contributed by atoms with van der Waals surface area (Å²) < 4.78 is 0. The van der Waals surface area contributed by atoms with Crippen LogP contribution in [0.2, 0.25) is 0 Å². The topological polar surface area (TPSA) is 15.3 Å². The number of hydrogen-bond donors (Lipinski definition) is 1. The van der Waals surface area contributed by atoms with E-state index < -0.39 is 0 Å². The highest BCUT2D eigenvalue weighted by Gasteiger charge is 2.33. The lowest BCUT2D eigenvalue weighted by Crippen LogP contribution is -2.44. The molecular weight excluding hydrogens is 252 g/mol. The maximum absolute atomic E-state index is 3.63. The van der Waals surface area contributed by atoms with E-state index in [9.17, 15) is 0 Å². The van der Waals surface area contributed by atoms with E-state index in [2.05, 4.69) is 48.5 Å². The van der Waals surface area contributed by atoms with Crippen LogP contribution in [0.3, 0.4) is 0 Å². The van der Waals surface area contributed by atoms with Gasteiger partial charge in [-0.05, 0) is 30.7 Å². The molecule has 19 heavy (non-hydrogen) atoms. The third-order valence-electron chi connectivity index (χ3n) is 3.79. The number of rotatable bonds is 9. The molecule has 0 radical (unpaired) electrons. The van der Waals surface area contributed by atoms with Crippen LogP contribution in [-0.2, 0) is 6.54 Å². The molecule has 1 N–H and O–H groups in total. The highest BCUT2D eigenvalue weighted by atomic mass is 32.1. The highest BCUT2D eigenvalue weighted by Crippen LogP contribution is 2.32. The van der Waals surface area contributed by atoms with Gasteiger partial charge in [-0.3, -0.25) is 4.90 Å². The quantitative estimate of drug-likeness (QED) is 0.738. The van der Waals surface area contributed by atoms with E-state index in [1.165, 1.54) is 30.6 Å². The fourth-order valence-electron chi connectivity index (χ4n) is 2.64. The zero-order valence-corrected chi connectivity index (χ0v) is 13.4. The maximum atomic E-state index is 3.63. The zero-order chi connectivity index (χ0) is 13.7. The summed E-state index contributed by atoms with van der Waals surface area (Å²) in [7, 11) is 0. The Hall–Kier alpha value is -0.380. The minimum atomic E-state index is 0.585. The van der Waals surface area contributed by atoms with Crippen molar-refractivity contribution in [3.8, 4) is 0 Å². The second-order valence-electron chi connectivity index (χ2n) is 5.99. The van der Waals surface area contributed by atoms with Gasteiger partial charge in [-0.2, -0.15) is 0 Å². The van der Waals surface area contributed by atoms with E-state index >= 15 is 0 Å². The Morgan fingerprint density at radius 2 is 2.21 bits per heavy atom. The van der Waals surface area contributed by atoms with Gasteiger partial charge < -0.3 is 5.32 Å². The fraction of sp³-hybridized carbons (Fsp3) is 0.750. The van der Waals surface area contributed by atoms with Gasteiger partial charge in [-0.25, -0.2) is 0 Å². The summed E-state index contributed by atoms with van der Waals surface area (Å²) in [5.41, 5.74) is 0. The molecule has 1 aliphatic carbocycles. The molecule has 0 saturated heterocycles. The number of nitrogens with zero attached hydrogens (tertiary/aromatic N) is 1. The predicted octanol–water partition coefficient (Wildman–Crippen LogP) is 3.88. The Kier molecular flexibility index (Phi) is 5.86. The summed E-state index contributed by atoms with van der Waals surface area (Å²) in [6, 6.07) is 6.57. The van der Waals surface area contributed by atoms with Crippen LogP contribution in [0, 0.1) is 0 Å². The van der Waals surface area contributed by atoms with Crippen LogP contribution < -0.4 is 5.32 Å². The first kappa shape index (κ1) is 15.0. The maximum Gasteiger partial charge on any atom is 0.0334 e. The molecule has 0 bridgehead atoms. The van der Waals surface area contributed by atoms with Crippen LogP contribution in [0.25, 0.3) is 0 Å². The van der Waals surface area contributed by atoms with Crippen molar-refractivity contribution >= 4 is 11.3 Å². The van der Waals surface area contributed by atoms with Gasteiger partial charge in [-0.15, -0.1) is 11.3 Å². The van der Waals surface area contributed by atoms with E-state index in [1.54, 1.807) is 0 Å². The molecule has 108 valence electrons. The van der Waals surface area contributed by atoms with Gasteiger partial charge in [0.15, 0.2) is 0 Å². The van der Waals surface area contributed by atoms with E-state index in [0.717, 1.165) is 19.1 Å². The molecule has 0 aromatic carbocycles. The van der Waals surface area contributed by atoms with Gasteiger partial charge in [0.2, 0.25) is 0 Å². The standard InChI is InChI=1S/C16H28N2S/c1-4-6-15(11-17-13(2)3)18(14-8-9-14)12-16-7-5-10-19-16/h5,7,10,13-15,17H,4,6,8-9,11-12H2,1-3H3. The summed E-state index contributed by atoms with van der Waals surface area (Å²) >= 11 is 1.89. The largest absolute Gasteiger partial charge is 0.313 e. The third-order valence-corrected chi connectivity index (χ3v) is 4.65. The molecule has 1 heterocycles. The smallest absolute Gasteiger partial charge is 0.0334 e. The molecule has 1 saturated carbocycles. The molecule has 1 fully saturated rings. The van der Waals surface area contributed by atoms with Crippen molar-refractivity contribution in [3.63, 3.8) is 0 Å². The molecule has 1 aromatic rings. The summed E-state index contributed by atoms with van der Waals surface area (Å²) in [4.78, 5) is 4.27. The molecule has 0 amide bonds. The van der Waals surface area contributed by atoms with Crippen LogP contribution in [-0.4, -0.2) is 29.6 Å². The van der Waals surface area contributed by atoms with Crippen LogP contribution >= 0.6 is 11.3 Å². The first-order valence-electron chi connectivity index (χ1n) is 7.72. The van der Waals surface area contributed by atoms with Crippen molar-refractivity contribution < 1.29 is 0 Å². The van der Waals surface area contributed by atoms with Crippen molar-refractivity contribution in [3.05, 3.63) is 22.4 Å². The average molecular weight is 280 g/mol. The minimum Gasteiger partial charge on any atom is -0.313 e. The van der Waals surface area contributed by atoms with Gasteiger partial charge in [-0.1, -0.05) is 33.3 Å². The SMILES string of the molecule is CCCC(CNC(C)C)N(Cc1cccs1)C1CC1. The summed E-state index contributed by atoms with van der Waals surface area (Å²) in [6.07, 6.45) is 5.38. The molecule has 3 heteroatoms. The lowest BCUT2D eigenvalue weighted by molar-refractivity contribution is 0.162. The third kappa shape index (κ3) is 4.90. The monoisotopic (exact) mass is 280 g/mol. The minimum absolute atomic E-state index is 0.585. The van der Waals surface area contributed by atoms with Crippen LogP contribution in [0.15, 0.2) is 17.5 Å². The van der Waals surface area contributed by atoms with E-state index in [-0.39, 0.29) is 0 Å². The van der Waals surface area contributed by atoms with Gasteiger partial charge in [0.25, 0.3) is 0 Å². The molecular formula is C16H28N2S. The fourth-order valence-corrected chi connectivity index (χ4v) is 3.35. The van der Waals surface area contributed by atoms with Crippen molar-refractivity contribution in [1.29, 1.82) is 0 Å². The highest BCUT2D eigenvalue weighted by molar-refractivity contribution is 7.09. The Balaban J connectivity index is 1.96. The van der Waals surface area contributed by atoms with E-state index in [1.807, 2.05) is 11.3 Å². The van der Waals surface area contributed by atoms with E-state index in [0.29, 0.717) is 12.1 Å². The first-order chi connectivity index (χ1) is 9.20. The van der Waals surface area contributed by atoms with E-state index in [4.69, 9.17) is 0 Å². The molecule has 0 spiro atoms. The molecule has 0 aliphatic heterocycles. The van der Waals surface area contributed by atoms with Crippen LogP contribution in [0.5, 0.6) is 0 Å². The summed E-state index contributed by atoms with van der Waals surface area (Å²) in [6.45, 7) is 9.06. The van der Waals surface area contributed by atoms with Crippen LogP contribution in [0.1, 0.15) is 51.3 Å². The van der Waals surface area contributed by atoms with Crippen LogP contribution in [0.4, 0.5) is 0 Å². The number of hydrogen-bond acceptors (Lipinski definition) is 3.